The molecule has 0 saturated heterocycles. The van der Waals surface area contributed by atoms with Gasteiger partial charge in [0, 0.05) is 11.9 Å². The number of carboxylic acid groups (broad SMARTS) is 2. The van der Waals surface area contributed by atoms with Gasteiger partial charge in [-0.25, -0.2) is 0 Å². The quantitative estimate of drug-likeness (QED) is 0.456. The number of carboxylic acids is 2. The second-order valence-electron chi connectivity index (χ2n) is 1.60. The molecule has 15 heavy (non-hydrogen) atoms. The van der Waals surface area contributed by atoms with Crippen molar-refractivity contribution in [1.29, 1.82) is 0 Å². The van der Waals surface area contributed by atoms with E-state index in [1.54, 1.807) is 0 Å². The molecule has 0 aromatic rings. The van der Waals surface area contributed by atoms with Crippen LogP contribution in [0.1, 0.15) is 19.3 Å². The first-order valence-corrected chi connectivity index (χ1v) is 2.52. The van der Waals surface area contributed by atoms with E-state index >= 15 is 0 Å². The van der Waals surface area contributed by atoms with E-state index in [0.717, 1.165) is 0 Å². The summed E-state index contributed by atoms with van der Waals surface area (Å²) in [7, 11) is 0. The summed E-state index contributed by atoms with van der Waals surface area (Å²) in [5.74, 6) is -2.45. The van der Waals surface area contributed by atoms with Crippen LogP contribution in [0.4, 0.5) is 0 Å². The van der Waals surface area contributed by atoms with Crippen LogP contribution in [0.25, 0.3) is 0 Å². The molecule has 0 atom stereocenters. The molecule has 0 saturated carbocycles. The summed E-state index contributed by atoms with van der Waals surface area (Å²) in [4.78, 5) is 19.3. The third-order valence-electron chi connectivity index (χ3n) is 0.762. The van der Waals surface area contributed by atoms with E-state index in [9.17, 15) is 19.8 Å². The minimum Gasteiger partial charge on any atom is -0.550 e. The van der Waals surface area contributed by atoms with Gasteiger partial charge in [-0.15, -0.1) is 0 Å². The van der Waals surface area contributed by atoms with E-state index in [1.807, 2.05) is 0 Å². The first kappa shape index (κ1) is 47.6. The Bertz CT molecular complexity index is 114. The first-order valence-electron chi connectivity index (χ1n) is 2.52. The van der Waals surface area contributed by atoms with Crippen molar-refractivity contribution in [3.8, 4) is 0 Å². The maximum Gasteiger partial charge on any atom is 2.00 e. The van der Waals surface area contributed by atoms with Crippen LogP contribution in [-0.4, -0.2) is 11.9 Å². The molecule has 0 aliphatic carbocycles. The second-order valence-corrected chi connectivity index (χ2v) is 1.60. The molecule has 15 N–H and O–H groups in total. The Hall–Kier alpha value is -0.754. The number of hydrogen-bond donors (Lipinski definition) is 0. The van der Waals surface area contributed by atoms with Crippen molar-refractivity contribution in [2.45, 2.75) is 19.3 Å². The molecule has 0 heterocycles. The second kappa shape index (κ2) is 29.2. The summed E-state index contributed by atoms with van der Waals surface area (Å²) < 4.78 is 0. The van der Waals surface area contributed by atoms with Gasteiger partial charge in [0.2, 0.25) is 0 Å². The molecule has 0 aliphatic rings. The zero-order chi connectivity index (χ0) is 7.28. The monoisotopic (exact) mass is 284 g/mol. The Morgan fingerprint density at radius 3 is 1.07 bits per heavy atom. The minimum atomic E-state index is -1.23. The first-order chi connectivity index (χ1) is 4.13. The van der Waals surface area contributed by atoms with Gasteiger partial charge in [-0.2, -0.15) is 0 Å². The smallest absolute Gasteiger partial charge is 0.550 e. The molecule has 0 unspecified atom stereocenters. The van der Waals surface area contributed by atoms with Gasteiger partial charge in [0.15, 0.2) is 0 Å². The molecular weight excluding hydrogens is 263 g/mol. The molecule has 1 radical (unpaired) electrons. The summed E-state index contributed by atoms with van der Waals surface area (Å²) in [6, 6.07) is 0. The normalized spacial score (nSPS) is 5.33. The van der Waals surface area contributed by atoms with Gasteiger partial charge in [0.05, 0.1) is 0 Å². The van der Waals surface area contributed by atoms with Gasteiger partial charge in [-0.05, 0) is 19.3 Å². The summed E-state index contributed by atoms with van der Waals surface area (Å²) in [5.41, 5.74) is 0. The van der Waals surface area contributed by atoms with Crippen LogP contribution in [0.5, 0.6) is 0 Å². The number of hydrogen-bond acceptors (Lipinski definition) is 4. The van der Waals surface area contributed by atoms with Crippen molar-refractivity contribution in [3.63, 3.8) is 0 Å². The molecular formula is C5H21CoO9+5. The maximum atomic E-state index is 9.66. The van der Waals surface area contributed by atoms with Gasteiger partial charge in [0.25, 0.3) is 0 Å². The van der Waals surface area contributed by atoms with Gasteiger partial charge in [-0.1, -0.05) is 0 Å². The number of carbonyl (C=O) groups is 2. The van der Waals surface area contributed by atoms with Crippen molar-refractivity contribution in [2.75, 3.05) is 0 Å². The van der Waals surface area contributed by atoms with E-state index in [0.29, 0.717) is 0 Å². The van der Waals surface area contributed by atoms with Crippen LogP contribution in [0.15, 0.2) is 0 Å². The molecule has 0 amide bonds. The molecule has 99 valence electrons. The third-order valence-corrected chi connectivity index (χ3v) is 0.762. The van der Waals surface area contributed by atoms with Crippen molar-refractivity contribution in [3.05, 3.63) is 0 Å². The van der Waals surface area contributed by atoms with E-state index in [4.69, 9.17) is 0 Å². The Kier molecular flexibility index (Phi) is 92.7. The zero-order valence-corrected chi connectivity index (χ0v) is 9.02. The van der Waals surface area contributed by atoms with Gasteiger partial charge < -0.3 is 47.2 Å². The van der Waals surface area contributed by atoms with E-state index < -0.39 is 11.9 Å². The van der Waals surface area contributed by atoms with Crippen molar-refractivity contribution >= 4 is 11.9 Å². The molecule has 0 fully saturated rings. The molecule has 0 spiro atoms. The number of aliphatic carboxylic acids is 2. The van der Waals surface area contributed by atoms with Crippen LogP contribution in [0.2, 0.25) is 0 Å². The molecule has 0 aliphatic heterocycles. The summed E-state index contributed by atoms with van der Waals surface area (Å²) in [6.07, 6.45) is -0.341. The predicted molar refractivity (Wildman–Crippen MR) is 48.2 cm³/mol. The maximum absolute atomic E-state index is 9.66. The predicted octanol–water partition coefficient (Wildman–Crippen LogP) is -6.96. The molecule has 0 bridgehead atoms. The van der Waals surface area contributed by atoms with Crippen LogP contribution in [-0.2, 0) is 53.7 Å². The Morgan fingerprint density at radius 2 is 0.933 bits per heavy atom. The fourth-order valence-electron chi connectivity index (χ4n) is 0.377. The standard InChI is InChI=1S/C5H8O4.Co.5H2O/c6-4(7)2-1-3-5(8)9;;;;;;/h1-3H2,(H,6,7)(H,8,9);;5*1H2/q;+2;;;;;/p+3. The number of rotatable bonds is 4. The molecule has 10 heteroatoms. The fraction of sp³-hybridized carbons (Fsp3) is 0.600. The Balaban J connectivity index is -0.0000000213. The average molecular weight is 284 g/mol. The van der Waals surface area contributed by atoms with Crippen molar-refractivity contribution < 1.29 is 64.0 Å². The zero-order valence-electron chi connectivity index (χ0n) is 7.97. The summed E-state index contributed by atoms with van der Waals surface area (Å²) in [5, 5.41) is 19.3. The van der Waals surface area contributed by atoms with Crippen LogP contribution in [0, 0.1) is 0 Å². The fourth-order valence-corrected chi connectivity index (χ4v) is 0.377. The van der Waals surface area contributed by atoms with Crippen molar-refractivity contribution in [2.24, 2.45) is 0 Å². The molecule has 0 aromatic heterocycles. The topological polar surface area (TPSA) is 245 Å². The van der Waals surface area contributed by atoms with Crippen LogP contribution >= 0.6 is 0 Å². The Morgan fingerprint density at radius 1 is 0.733 bits per heavy atom. The summed E-state index contributed by atoms with van der Waals surface area (Å²) >= 11 is 0. The Labute approximate surface area is 95.8 Å². The van der Waals surface area contributed by atoms with Crippen LogP contribution < -0.4 is 10.2 Å². The van der Waals surface area contributed by atoms with Crippen LogP contribution in [0.3, 0.4) is 0 Å². The van der Waals surface area contributed by atoms with E-state index in [2.05, 4.69) is 0 Å². The average Bonchev–Trinajstić information content (AvgIpc) is 1.63. The summed E-state index contributed by atoms with van der Waals surface area (Å²) in [6.45, 7) is 0. The largest absolute Gasteiger partial charge is 2.00 e. The molecule has 0 rings (SSSR count). The third kappa shape index (κ3) is 60.9. The van der Waals surface area contributed by atoms with Gasteiger partial charge in [-0.3, -0.25) is 0 Å². The number of carbonyl (C=O) groups excluding carboxylic acids is 2. The van der Waals surface area contributed by atoms with Gasteiger partial charge >= 0.3 is 16.8 Å². The molecule has 9 nitrogen and oxygen atoms in total. The van der Waals surface area contributed by atoms with Gasteiger partial charge in [0.1, 0.15) is 0 Å². The SMILES string of the molecule is O=C([O-])CCCC(=O)[O-].[Co+2].[OH3+].[OH3+].[OH3+].[OH3+].[OH3+]. The molecule has 0 aromatic carbocycles. The minimum absolute atomic E-state index is 0. The van der Waals surface area contributed by atoms with Crippen molar-refractivity contribution in [1.82, 2.24) is 0 Å². The van der Waals surface area contributed by atoms with E-state index in [-0.39, 0.29) is 63.4 Å². The van der Waals surface area contributed by atoms with E-state index in [1.165, 1.54) is 0 Å².